The lowest BCUT2D eigenvalue weighted by atomic mass is 9.84. The molecule has 0 spiro atoms. The van der Waals surface area contributed by atoms with Gasteiger partial charge in [0.25, 0.3) is 40.5 Å². The first kappa shape index (κ1) is 106. The Bertz CT molecular complexity index is 3660. The molecule has 0 amide bonds. The summed E-state index contributed by atoms with van der Waals surface area (Å²) in [6.45, 7) is 31.1. The predicted octanol–water partition coefficient (Wildman–Crippen LogP) is 28.6. The molecule has 17 heteroatoms. The van der Waals surface area contributed by atoms with Gasteiger partial charge in [-0.25, -0.2) is 0 Å². The van der Waals surface area contributed by atoms with Crippen molar-refractivity contribution in [3.05, 3.63) is 129 Å². The fourth-order valence-corrected chi connectivity index (χ4v) is 23.4. The quantitative estimate of drug-likeness (QED) is 0.0162. The molecule has 0 radical (unpaired) electrons. The van der Waals surface area contributed by atoms with Crippen LogP contribution in [-0.4, -0.2) is 81.1 Å². The van der Waals surface area contributed by atoms with Crippen LogP contribution in [0.5, 0.6) is 0 Å². The number of fused-ring (bicyclic) bond motifs is 1. The van der Waals surface area contributed by atoms with E-state index < -0.39 is 47.7 Å². The van der Waals surface area contributed by atoms with Gasteiger partial charge < -0.3 is 0 Å². The summed E-state index contributed by atoms with van der Waals surface area (Å²) in [5.74, 6) is 0. The van der Waals surface area contributed by atoms with Crippen LogP contribution in [0, 0.1) is 0 Å². The molecule has 0 heterocycles. The molecule has 0 aliphatic carbocycles. The smallest absolute Gasteiger partial charge is 0.282 e. The average molecular weight is 1660 g/mol. The molecule has 5 aromatic carbocycles. The van der Waals surface area contributed by atoms with Gasteiger partial charge in [0.05, 0.1) is 41.5 Å². The van der Waals surface area contributed by atoms with E-state index >= 15 is 0 Å². The lowest BCUT2D eigenvalue weighted by Gasteiger charge is -2.25. The molecule has 0 aromatic heterocycles. The molecule has 0 atom stereocenters. The van der Waals surface area contributed by atoms with Crippen molar-refractivity contribution in [3.63, 3.8) is 0 Å². The van der Waals surface area contributed by atoms with E-state index in [9.17, 15) is 42.8 Å². The molecule has 644 valence electrons. The van der Waals surface area contributed by atoms with E-state index in [0.717, 1.165) is 154 Å². The number of aryl methyl sites for hydroxylation is 3. The molecule has 0 aliphatic rings. The van der Waals surface area contributed by atoms with Gasteiger partial charge in [-0.3, -0.25) is 17.5 Å². The van der Waals surface area contributed by atoms with Crippen LogP contribution in [0.4, 0.5) is 0 Å². The standard InChI is InChI=1S/C24H42O3S.C22H38O3S.C18H24O3S.C18H30O3S.C13H30P/c1-2-3-4-5-6-7-8-9-10-11-12-13-14-15-16-17-20-23-21-18-19-22-24(23)28(25,26)27;1-7-13-15-20-18(10-4)17(9-3)19(11-5)22(21(20)16-14-8-2)26(23,24)25-12-6;1-3-5-9-16-13-12-15-10-7-8-11-17(15)18(16)22(19,20)21-14-6-4-2;1-2-3-4-5-6-7-8-9-10-11-14-17-15-12-13-16-18(17)22(19,20)21;1-5-8-11-14(4,12-9-6-2)13-10-7-3/h18-19,21-22H,2-17,20H2,1H3,(H,25,26,27);7-16H2,1-6H3;7-8,10-13H,3-6,9,14H2,1-2H3;12-13,15-16H,2-11,14H2,1H3,(H,19,20,21);5-13H2,1-4H3/q;;;;+1. The Labute approximate surface area is 690 Å². The van der Waals surface area contributed by atoms with Crippen LogP contribution < -0.4 is 0 Å². The maximum absolute atomic E-state index is 13.1. The Balaban J connectivity index is 0.000000710. The molecule has 0 saturated carbocycles. The highest BCUT2D eigenvalue weighted by Crippen LogP contribution is 2.57. The van der Waals surface area contributed by atoms with Crippen LogP contribution in [0.1, 0.15) is 391 Å². The number of unbranched alkanes of at least 4 members (excludes halogenated alkanes) is 31. The van der Waals surface area contributed by atoms with Crippen molar-refractivity contribution in [2.45, 2.75) is 418 Å². The monoisotopic (exact) mass is 1660 g/mol. The molecular formula is C95H164O12PS4+. The maximum atomic E-state index is 13.1. The first-order chi connectivity index (χ1) is 53.8. The first-order valence-electron chi connectivity index (χ1n) is 45.2. The molecule has 0 fully saturated rings. The Morgan fingerprint density at radius 2 is 0.607 bits per heavy atom. The minimum Gasteiger partial charge on any atom is -0.282 e. The first-order valence-corrected chi connectivity index (χ1v) is 53.7. The lowest BCUT2D eigenvalue weighted by Crippen LogP contribution is -2.18. The van der Waals surface area contributed by atoms with E-state index in [1.807, 2.05) is 55.5 Å². The molecular weight excluding hydrogens is 1490 g/mol. The summed E-state index contributed by atoms with van der Waals surface area (Å²) in [5.41, 5.74) is 8.26. The minimum absolute atomic E-state index is 0.0610. The molecule has 2 N–H and O–H groups in total. The Hall–Kier alpha value is -3.57. The molecule has 5 aromatic rings. The number of hydrogen-bond acceptors (Lipinski definition) is 10. The van der Waals surface area contributed by atoms with Gasteiger partial charge in [-0.1, -0.05) is 355 Å². The minimum atomic E-state index is -4.11. The third kappa shape index (κ3) is 44.3. The number of rotatable bonds is 59. The molecule has 0 saturated heterocycles. The van der Waals surface area contributed by atoms with Crippen LogP contribution in [0.15, 0.2) is 105 Å². The normalized spacial score (nSPS) is 11.9. The molecule has 12 nitrogen and oxygen atoms in total. The van der Waals surface area contributed by atoms with Gasteiger partial charge in [-0.15, -0.1) is 0 Å². The van der Waals surface area contributed by atoms with Gasteiger partial charge in [0.1, 0.15) is 9.79 Å². The zero-order valence-corrected chi connectivity index (χ0v) is 77.8. The zero-order valence-electron chi connectivity index (χ0n) is 73.6. The summed E-state index contributed by atoms with van der Waals surface area (Å²) in [6.07, 6.45) is 61.5. The van der Waals surface area contributed by atoms with Gasteiger partial charge in [0.2, 0.25) is 0 Å². The summed E-state index contributed by atoms with van der Waals surface area (Å²) >= 11 is 0. The highest BCUT2D eigenvalue weighted by molar-refractivity contribution is 7.87. The van der Waals surface area contributed by atoms with E-state index in [1.165, 1.54) is 209 Å². The Morgan fingerprint density at radius 1 is 0.286 bits per heavy atom. The fraction of sp³-hybridized carbons (Fsp3) is 0.705. The summed E-state index contributed by atoms with van der Waals surface area (Å²) in [7, 11) is -16.2. The van der Waals surface area contributed by atoms with Crippen molar-refractivity contribution in [2.24, 2.45) is 0 Å². The summed E-state index contributed by atoms with van der Waals surface area (Å²) in [4.78, 5) is 0.979. The van der Waals surface area contributed by atoms with Gasteiger partial charge in [0.15, 0.2) is 0 Å². The van der Waals surface area contributed by atoms with E-state index in [2.05, 4.69) is 82.8 Å². The van der Waals surface area contributed by atoms with Crippen LogP contribution in [-0.2, 0) is 100 Å². The van der Waals surface area contributed by atoms with E-state index in [4.69, 9.17) is 8.37 Å². The van der Waals surface area contributed by atoms with Crippen molar-refractivity contribution in [1.82, 2.24) is 0 Å². The highest BCUT2D eigenvalue weighted by atomic mass is 32.2. The molecule has 112 heavy (non-hydrogen) atoms. The van der Waals surface area contributed by atoms with Crippen LogP contribution in [0.25, 0.3) is 10.8 Å². The van der Waals surface area contributed by atoms with Gasteiger partial charge in [0, 0.05) is 19.3 Å². The van der Waals surface area contributed by atoms with Gasteiger partial charge in [-0.2, -0.15) is 33.7 Å². The largest absolute Gasteiger partial charge is 0.297 e. The van der Waals surface area contributed by atoms with E-state index in [-0.39, 0.29) is 23.0 Å². The number of hydrogen-bond donors (Lipinski definition) is 2. The van der Waals surface area contributed by atoms with E-state index in [0.29, 0.717) is 22.6 Å². The van der Waals surface area contributed by atoms with Crippen molar-refractivity contribution in [3.8, 4) is 0 Å². The Kier molecular flexibility index (Phi) is 61.2. The van der Waals surface area contributed by atoms with Crippen molar-refractivity contribution in [1.29, 1.82) is 0 Å². The lowest BCUT2D eigenvalue weighted by molar-refractivity contribution is 0.311. The molecule has 5 rings (SSSR count). The second-order valence-electron chi connectivity index (χ2n) is 31.4. The summed E-state index contributed by atoms with van der Waals surface area (Å²) < 4.78 is 126. The second-order valence-corrected chi connectivity index (χ2v) is 41.8. The third-order valence-corrected chi connectivity index (χ3v) is 30.7. The number of benzene rings is 5. The van der Waals surface area contributed by atoms with Crippen LogP contribution >= 0.6 is 7.26 Å². The van der Waals surface area contributed by atoms with Crippen LogP contribution in [0.3, 0.4) is 0 Å². The summed E-state index contributed by atoms with van der Waals surface area (Å²) in [5, 5.41) is 1.69. The zero-order chi connectivity index (χ0) is 83.4. The Morgan fingerprint density at radius 3 is 0.982 bits per heavy atom. The maximum Gasteiger partial charge on any atom is 0.297 e. The van der Waals surface area contributed by atoms with Crippen molar-refractivity contribution < 1.29 is 51.1 Å². The van der Waals surface area contributed by atoms with E-state index in [1.54, 1.807) is 49.7 Å². The predicted molar refractivity (Wildman–Crippen MR) is 485 cm³/mol. The van der Waals surface area contributed by atoms with Crippen molar-refractivity contribution in [2.75, 3.05) is 38.4 Å². The van der Waals surface area contributed by atoms with Gasteiger partial charge in [-0.05, 0) is 178 Å². The van der Waals surface area contributed by atoms with Crippen LogP contribution in [0.2, 0.25) is 0 Å². The SMILES string of the molecule is CCCCCCCCCCCCCCCCCCc1ccccc1S(=O)(=O)O.CCCCCCCCCCCCc1ccccc1S(=O)(=O)O.CCCCOS(=O)(=O)c1c(CCCC)ccc2ccccc12.CCCC[P+](C)(CCCC)CCCC.CCCCc1c(CC)c(CC)c(CC)c(S(=O)(=O)OCC)c1CCCC. The summed E-state index contributed by atoms with van der Waals surface area (Å²) in [6, 6.07) is 25.0. The van der Waals surface area contributed by atoms with Gasteiger partial charge >= 0.3 is 0 Å². The average Bonchev–Trinajstić information content (AvgIpc) is 0.753. The van der Waals surface area contributed by atoms with Crippen molar-refractivity contribution >= 4 is 58.5 Å². The highest BCUT2D eigenvalue weighted by Gasteiger charge is 2.31. The topological polar surface area (TPSA) is 195 Å². The third-order valence-electron chi connectivity index (χ3n) is 21.7. The fourth-order valence-electron chi connectivity index (χ4n) is 15.1. The molecule has 0 bridgehead atoms. The molecule has 0 aliphatic heterocycles. The molecule has 0 unspecified atom stereocenters. The second kappa shape index (κ2) is 64.4.